The molecule has 4 heterocycles. The molecule has 6 N–H and O–H groups in total. The number of urea groups is 2. The number of aliphatic imine (C=N–C) groups is 2. The average Bonchev–Trinajstić information content (AvgIpc) is 3.97. The maximum atomic E-state index is 13.1. The van der Waals surface area contributed by atoms with Gasteiger partial charge in [-0.15, -0.1) is 24.8 Å². The number of hydrogen-bond acceptors (Lipinski definition) is 14. The molecule has 2 aromatic rings. The molecule has 21 nitrogen and oxygen atoms in total. The van der Waals surface area contributed by atoms with Gasteiger partial charge in [0.15, 0.2) is 0 Å². The minimum absolute atomic E-state index is 0. The summed E-state index contributed by atoms with van der Waals surface area (Å²) in [6, 6.07) is 6.03. The number of hydrogen-bond donors (Lipinski definition) is 4. The summed E-state index contributed by atoms with van der Waals surface area (Å²) in [5, 5.41) is 8.28. The number of aryl methyl sites for hydroxylation is 4. The second kappa shape index (κ2) is 34.8. The van der Waals surface area contributed by atoms with E-state index in [1.807, 2.05) is 46.4 Å². The number of unbranched alkanes of at least 4 members (excludes halogenated alkanes) is 4. The van der Waals surface area contributed by atoms with Crippen LogP contribution in [-0.2, 0) is 65.7 Å². The Balaban J connectivity index is 0.000000522. The third kappa shape index (κ3) is 21.2. The Morgan fingerprint density at radius 3 is 1.35 bits per heavy atom. The van der Waals surface area contributed by atoms with Crippen LogP contribution in [0.4, 0.5) is 21.0 Å². The van der Waals surface area contributed by atoms with E-state index in [0.717, 1.165) is 89.9 Å². The van der Waals surface area contributed by atoms with Crippen LogP contribution in [0.15, 0.2) is 45.1 Å². The first kappa shape index (κ1) is 74.0. The average molecular weight is 1340 g/mol. The van der Waals surface area contributed by atoms with Crippen molar-refractivity contribution in [1.82, 2.24) is 19.2 Å². The Morgan fingerprint density at radius 2 is 1.01 bits per heavy atom. The molecule has 28 heteroatoms. The predicted octanol–water partition coefficient (Wildman–Crippen LogP) is 7.99. The SMILES string of the molecule is CCCS(=O)CCCCCC1=NC2(CCN(S(=O)(=O)/C=C/c3c(C)cc(N(C)C(N)=O)cc3C)CC2)C(=O)N1.CCCSCCCCCC1=NC2(CCN(S(=O)(=O)/C=C/c3c(C)cc(N(C)C(N)=O)cc3C)CC2)C(=O)N1.Cl.Cl.[O]=[Mo]=[O]. The Hall–Kier alpha value is -4.07. The van der Waals surface area contributed by atoms with Gasteiger partial charge in [-0.05, 0) is 173 Å². The number of halogens is 2. The van der Waals surface area contributed by atoms with E-state index in [9.17, 15) is 40.2 Å². The van der Waals surface area contributed by atoms with Crippen LogP contribution in [0.1, 0.15) is 137 Å². The fourth-order valence-electron chi connectivity index (χ4n) is 9.84. The van der Waals surface area contributed by atoms with Crippen LogP contribution < -0.4 is 31.9 Å². The monoisotopic (exact) mass is 1340 g/mol. The molecule has 6 amide bonds. The molecule has 2 saturated heterocycles. The number of carbonyl (C=O) groups is 4. The molecule has 82 heavy (non-hydrogen) atoms. The first-order valence-corrected chi connectivity index (χ1v) is 34.4. The van der Waals surface area contributed by atoms with Gasteiger partial charge in [-0.25, -0.2) is 26.4 Å². The maximum absolute atomic E-state index is 13.1. The van der Waals surface area contributed by atoms with Crippen molar-refractivity contribution >= 4 is 126 Å². The molecule has 0 radical (unpaired) electrons. The van der Waals surface area contributed by atoms with E-state index in [2.05, 4.69) is 17.6 Å². The molecule has 1 unspecified atom stereocenters. The summed E-state index contributed by atoms with van der Waals surface area (Å²) in [5.41, 5.74) is 15.1. The summed E-state index contributed by atoms with van der Waals surface area (Å²) < 4.78 is 84.0. The van der Waals surface area contributed by atoms with Crippen LogP contribution in [0, 0.1) is 27.7 Å². The van der Waals surface area contributed by atoms with E-state index in [1.54, 1.807) is 50.5 Å². The molecule has 4 aliphatic heterocycles. The van der Waals surface area contributed by atoms with E-state index in [4.69, 9.17) is 28.2 Å². The molecule has 1 atom stereocenters. The van der Waals surface area contributed by atoms with Crippen molar-refractivity contribution in [2.45, 2.75) is 143 Å². The van der Waals surface area contributed by atoms with Gasteiger partial charge < -0.3 is 22.1 Å². The standard InChI is InChI=1S/C27H41N5O5S2.C27H41N5O4S2.2ClH.Mo.2O/c1-5-15-38(35)16-8-6-7-9-24-29-25(33)27(30-24)11-13-32(14-12-27)39(36,37)17-10-23-20(2)18-22(19-21(23)3)31(4)26(28)34;1-5-15-37-16-8-6-7-9-24-29-25(33)27(30-24)11-13-32(14-12-27)38(35,36)17-10-23-20(2)18-22(19-21(23)3)31(4)26(28)34;;;;;/h10,17-19H,5-9,11-16H2,1-4H3,(H2,28,34)(H,29,30,33);10,17-19H,5-9,11-16H2,1-4H3,(H2,28,34)(H,29,30,33);2*1H;;;/b2*17-10+;;;;;. The van der Waals surface area contributed by atoms with Crippen LogP contribution in [0.2, 0.25) is 0 Å². The van der Waals surface area contributed by atoms with E-state index >= 15 is 0 Å². The number of nitrogens with two attached hydrogens (primary N) is 2. The van der Waals surface area contributed by atoms with Crippen LogP contribution in [0.5, 0.6) is 0 Å². The molecular formula is C54H84Cl2MoN10O11S4. The number of sulfonamides is 2. The van der Waals surface area contributed by atoms with Gasteiger partial charge in [0, 0.05) is 97.6 Å². The third-order valence-corrected chi connectivity index (χ3v) is 20.6. The second-order valence-electron chi connectivity index (χ2n) is 20.5. The number of nitrogens with one attached hydrogen (secondary N) is 2. The Bertz CT molecular complexity index is 2920. The van der Waals surface area contributed by atoms with Crippen LogP contribution in [0.25, 0.3) is 12.2 Å². The first-order chi connectivity index (χ1) is 37.8. The number of amidine groups is 2. The number of carbonyl (C=O) groups excluding carboxylic acids is 4. The number of nitrogens with zero attached hydrogens (tertiary/aromatic N) is 6. The van der Waals surface area contributed by atoms with Crippen LogP contribution in [-0.4, -0.2) is 140 Å². The van der Waals surface area contributed by atoms with Gasteiger partial charge in [-0.3, -0.25) is 33.6 Å². The summed E-state index contributed by atoms with van der Waals surface area (Å²) in [7, 11) is -4.95. The molecule has 4 aliphatic rings. The van der Waals surface area contributed by atoms with Gasteiger partial charge in [-0.2, -0.15) is 20.4 Å². The van der Waals surface area contributed by atoms with Crippen molar-refractivity contribution in [2.24, 2.45) is 21.5 Å². The number of benzene rings is 2. The van der Waals surface area contributed by atoms with Gasteiger partial charge >= 0.3 is 37.3 Å². The molecule has 460 valence electrons. The normalized spacial score (nSPS) is 17.1. The van der Waals surface area contributed by atoms with Crippen molar-refractivity contribution in [1.29, 1.82) is 0 Å². The van der Waals surface area contributed by atoms with Crippen molar-refractivity contribution in [3.63, 3.8) is 0 Å². The summed E-state index contributed by atoms with van der Waals surface area (Å²) in [4.78, 5) is 60.7. The predicted molar refractivity (Wildman–Crippen MR) is 331 cm³/mol. The molecule has 2 fully saturated rings. The van der Waals surface area contributed by atoms with Crippen molar-refractivity contribution in [3.05, 3.63) is 68.5 Å². The van der Waals surface area contributed by atoms with Gasteiger partial charge in [-0.1, -0.05) is 26.7 Å². The first-order valence-electron chi connectivity index (χ1n) is 27.1. The minimum atomic E-state index is -3.70. The zero-order valence-electron chi connectivity index (χ0n) is 48.4. The van der Waals surface area contributed by atoms with E-state index < -0.39 is 72.5 Å². The second-order valence-corrected chi connectivity index (χ2v) is 27.4. The van der Waals surface area contributed by atoms with Crippen molar-refractivity contribution in [2.75, 3.05) is 73.1 Å². The number of thioether (sulfide) groups is 1. The number of piperidine rings is 2. The topological polar surface area (TPSA) is 302 Å². The molecular weight excluding hydrogens is 1260 g/mol. The number of primary amides is 2. The van der Waals surface area contributed by atoms with Gasteiger partial charge in [0.05, 0.1) is 0 Å². The summed E-state index contributed by atoms with van der Waals surface area (Å²) in [5.74, 6) is 4.99. The fourth-order valence-corrected chi connectivity index (χ4v) is 14.3. The van der Waals surface area contributed by atoms with Crippen molar-refractivity contribution < 1.29 is 65.5 Å². The quantitative estimate of drug-likeness (QED) is 0.0574. The van der Waals surface area contributed by atoms with Crippen LogP contribution >= 0.6 is 36.6 Å². The molecule has 0 aromatic heterocycles. The summed E-state index contributed by atoms with van der Waals surface area (Å²) in [6.45, 7) is 12.6. The molecule has 0 bridgehead atoms. The molecule has 2 aromatic carbocycles. The molecule has 0 saturated carbocycles. The zero-order chi connectivity index (χ0) is 59.4. The van der Waals surface area contributed by atoms with Crippen molar-refractivity contribution in [3.8, 4) is 0 Å². The van der Waals surface area contributed by atoms with E-state index in [1.165, 1.54) is 53.6 Å². The molecule has 2 spiro atoms. The number of amides is 6. The third-order valence-electron chi connectivity index (χ3n) is 14.6. The number of anilines is 2. The number of rotatable bonds is 24. The zero-order valence-corrected chi connectivity index (χ0v) is 55.3. The van der Waals surface area contributed by atoms with E-state index in [0.29, 0.717) is 55.1 Å². The van der Waals surface area contributed by atoms with Gasteiger partial charge in [0.25, 0.3) is 11.8 Å². The van der Waals surface area contributed by atoms with E-state index in [-0.39, 0.29) is 62.8 Å². The molecule has 6 rings (SSSR count). The van der Waals surface area contributed by atoms with Gasteiger partial charge in [0.2, 0.25) is 20.0 Å². The summed E-state index contributed by atoms with van der Waals surface area (Å²) >= 11 is -0.0438. The Kier molecular flexibility index (Phi) is 31.4. The summed E-state index contributed by atoms with van der Waals surface area (Å²) in [6.07, 6.45) is 14.1. The van der Waals surface area contributed by atoms with Crippen LogP contribution in [0.3, 0.4) is 0 Å². The molecule has 0 aliphatic carbocycles. The Morgan fingerprint density at radius 1 is 0.646 bits per heavy atom. The van der Waals surface area contributed by atoms with Gasteiger partial charge in [0.1, 0.15) is 22.7 Å². The fraction of sp³-hybridized carbons (Fsp3) is 0.593. The Labute approximate surface area is 513 Å².